The van der Waals surface area contributed by atoms with Crippen molar-refractivity contribution in [1.82, 2.24) is 0 Å². The number of para-hydroxylation sites is 1. The molecule has 5 nitrogen and oxygen atoms in total. The third-order valence-electron chi connectivity index (χ3n) is 3.11. The van der Waals surface area contributed by atoms with E-state index in [0.29, 0.717) is 11.3 Å². The maximum absolute atomic E-state index is 11.3. The maximum Gasteiger partial charge on any atom is 0.336 e. The molecule has 0 saturated carbocycles. The number of carboxylic acids is 2. The molecule has 2 aromatic carbocycles. The molecule has 0 atom stereocenters. The highest BCUT2D eigenvalue weighted by atomic mass is 16.5. The van der Waals surface area contributed by atoms with E-state index in [1.54, 1.807) is 25.3 Å². The van der Waals surface area contributed by atoms with E-state index in [2.05, 4.69) is 0 Å². The zero-order chi connectivity index (χ0) is 16.1. The average molecular weight is 298 g/mol. The number of carboxylic acid groups (broad SMARTS) is 2. The van der Waals surface area contributed by atoms with Gasteiger partial charge in [0, 0.05) is 5.56 Å². The zero-order valence-electron chi connectivity index (χ0n) is 11.8. The second kappa shape index (κ2) is 6.58. The van der Waals surface area contributed by atoms with Crippen molar-refractivity contribution in [3.8, 4) is 5.75 Å². The molecule has 2 rings (SSSR count). The lowest BCUT2D eigenvalue weighted by molar-refractivity contribution is 0.0695. The summed E-state index contributed by atoms with van der Waals surface area (Å²) in [5, 5.41) is 18.1. The normalized spacial score (nSPS) is 10.6. The van der Waals surface area contributed by atoms with Gasteiger partial charge in [0.1, 0.15) is 5.75 Å². The van der Waals surface area contributed by atoms with Gasteiger partial charge in [-0.05, 0) is 23.8 Å². The molecule has 0 bridgehead atoms. The second-order valence-corrected chi connectivity index (χ2v) is 4.49. The summed E-state index contributed by atoms with van der Waals surface area (Å²) in [7, 11) is 1.55. The lowest BCUT2D eigenvalue weighted by atomic mass is 10.0. The van der Waals surface area contributed by atoms with Crippen molar-refractivity contribution in [3.63, 3.8) is 0 Å². The Bertz CT molecular complexity index is 746. The summed E-state index contributed by atoms with van der Waals surface area (Å²) in [6.45, 7) is 0. The maximum atomic E-state index is 11.3. The van der Waals surface area contributed by atoms with Crippen molar-refractivity contribution in [2.45, 2.75) is 0 Å². The summed E-state index contributed by atoms with van der Waals surface area (Å²) >= 11 is 0. The second-order valence-electron chi connectivity index (χ2n) is 4.49. The molecular formula is C17H14O5. The first-order valence-corrected chi connectivity index (χ1v) is 6.44. The minimum Gasteiger partial charge on any atom is -0.496 e. The molecule has 112 valence electrons. The molecule has 22 heavy (non-hydrogen) atoms. The van der Waals surface area contributed by atoms with Crippen LogP contribution in [0, 0.1) is 0 Å². The Morgan fingerprint density at radius 2 is 1.64 bits per heavy atom. The molecule has 5 heteroatoms. The van der Waals surface area contributed by atoms with Crippen molar-refractivity contribution >= 4 is 24.1 Å². The Kier molecular flexibility index (Phi) is 4.58. The summed E-state index contributed by atoms with van der Waals surface area (Å²) in [5.74, 6) is -1.68. The van der Waals surface area contributed by atoms with Gasteiger partial charge < -0.3 is 14.9 Å². The topological polar surface area (TPSA) is 83.8 Å². The number of benzene rings is 2. The molecular weight excluding hydrogens is 284 g/mol. The van der Waals surface area contributed by atoms with Crippen LogP contribution >= 0.6 is 0 Å². The molecule has 2 aromatic rings. The van der Waals surface area contributed by atoms with E-state index in [0.717, 1.165) is 11.6 Å². The van der Waals surface area contributed by atoms with Crippen LogP contribution in [0.15, 0.2) is 42.5 Å². The predicted molar refractivity (Wildman–Crippen MR) is 82.3 cm³/mol. The van der Waals surface area contributed by atoms with E-state index >= 15 is 0 Å². The monoisotopic (exact) mass is 298 g/mol. The fourth-order valence-electron chi connectivity index (χ4n) is 2.00. The fourth-order valence-corrected chi connectivity index (χ4v) is 2.00. The minimum atomic E-state index is -1.18. The molecule has 2 N–H and O–H groups in total. The zero-order valence-corrected chi connectivity index (χ0v) is 11.8. The molecule has 0 aliphatic rings. The highest BCUT2D eigenvalue weighted by Crippen LogP contribution is 2.21. The molecule has 0 amide bonds. The van der Waals surface area contributed by atoms with Crippen molar-refractivity contribution in [1.29, 1.82) is 0 Å². The van der Waals surface area contributed by atoms with E-state index in [1.165, 1.54) is 12.1 Å². The average Bonchev–Trinajstić information content (AvgIpc) is 2.52. The van der Waals surface area contributed by atoms with Crippen LogP contribution in [0.1, 0.15) is 31.8 Å². The lowest BCUT2D eigenvalue weighted by Gasteiger charge is -2.05. The number of hydrogen-bond donors (Lipinski definition) is 2. The molecule has 0 heterocycles. The van der Waals surface area contributed by atoms with Crippen LogP contribution in [0.25, 0.3) is 12.2 Å². The lowest BCUT2D eigenvalue weighted by Crippen LogP contribution is -2.04. The van der Waals surface area contributed by atoms with Gasteiger partial charge in [-0.3, -0.25) is 0 Å². The standard InChI is InChI=1S/C17H14O5/c1-22-15-5-3-2-4-12(15)8-6-11-7-9-13(16(18)19)10-14(11)17(20)21/h2-10H,1H3,(H,18,19)(H,20,21)/b8-6+. The largest absolute Gasteiger partial charge is 0.496 e. The molecule has 0 radical (unpaired) electrons. The number of ether oxygens (including phenoxy) is 1. The third kappa shape index (κ3) is 3.32. The van der Waals surface area contributed by atoms with Gasteiger partial charge in [0.2, 0.25) is 0 Å². The van der Waals surface area contributed by atoms with Crippen LogP contribution in [-0.4, -0.2) is 29.3 Å². The predicted octanol–water partition coefficient (Wildman–Crippen LogP) is 3.26. The van der Waals surface area contributed by atoms with Crippen LogP contribution in [0.2, 0.25) is 0 Å². The Morgan fingerprint density at radius 3 is 2.27 bits per heavy atom. The first-order valence-electron chi connectivity index (χ1n) is 6.44. The molecule has 0 aliphatic heterocycles. The number of aromatic carboxylic acids is 2. The van der Waals surface area contributed by atoms with E-state index in [-0.39, 0.29) is 11.1 Å². The molecule has 0 unspecified atom stereocenters. The van der Waals surface area contributed by atoms with Crippen molar-refractivity contribution < 1.29 is 24.5 Å². The van der Waals surface area contributed by atoms with Crippen molar-refractivity contribution in [2.75, 3.05) is 7.11 Å². The quantitative estimate of drug-likeness (QED) is 0.828. The summed E-state index contributed by atoms with van der Waals surface area (Å²) in [6, 6.07) is 11.3. The van der Waals surface area contributed by atoms with Gasteiger partial charge in [0.05, 0.1) is 18.2 Å². The van der Waals surface area contributed by atoms with Crippen LogP contribution in [0.3, 0.4) is 0 Å². The van der Waals surface area contributed by atoms with E-state index in [9.17, 15) is 14.7 Å². The molecule has 0 aliphatic carbocycles. The first kappa shape index (κ1) is 15.3. The summed E-state index contributed by atoms with van der Waals surface area (Å²) in [6.07, 6.45) is 3.34. The van der Waals surface area contributed by atoms with Gasteiger partial charge in [-0.1, -0.05) is 36.4 Å². The van der Waals surface area contributed by atoms with Crippen LogP contribution < -0.4 is 4.74 Å². The Morgan fingerprint density at radius 1 is 0.955 bits per heavy atom. The Hall–Kier alpha value is -3.08. The third-order valence-corrected chi connectivity index (χ3v) is 3.11. The van der Waals surface area contributed by atoms with Crippen molar-refractivity contribution in [3.05, 3.63) is 64.7 Å². The first-order chi connectivity index (χ1) is 10.5. The number of carbonyl (C=O) groups is 2. The van der Waals surface area contributed by atoms with Crippen LogP contribution in [0.5, 0.6) is 5.75 Å². The van der Waals surface area contributed by atoms with Gasteiger partial charge in [-0.25, -0.2) is 9.59 Å². The van der Waals surface area contributed by atoms with Gasteiger partial charge >= 0.3 is 11.9 Å². The summed E-state index contributed by atoms with van der Waals surface area (Å²) in [4.78, 5) is 22.2. The molecule has 0 aromatic heterocycles. The summed E-state index contributed by atoms with van der Waals surface area (Å²) < 4.78 is 5.22. The highest BCUT2D eigenvalue weighted by molar-refractivity contribution is 5.97. The highest BCUT2D eigenvalue weighted by Gasteiger charge is 2.12. The van der Waals surface area contributed by atoms with Gasteiger partial charge in [-0.15, -0.1) is 0 Å². The van der Waals surface area contributed by atoms with E-state index in [4.69, 9.17) is 9.84 Å². The van der Waals surface area contributed by atoms with Gasteiger partial charge in [0.15, 0.2) is 0 Å². The van der Waals surface area contributed by atoms with Crippen LogP contribution in [0.4, 0.5) is 0 Å². The Balaban J connectivity index is 2.42. The summed E-state index contributed by atoms with van der Waals surface area (Å²) in [5.41, 5.74) is 1.09. The number of rotatable bonds is 5. The molecule has 0 fully saturated rings. The SMILES string of the molecule is COc1ccccc1/C=C/c1ccc(C(=O)O)cc1C(=O)O. The van der Waals surface area contributed by atoms with E-state index < -0.39 is 11.9 Å². The minimum absolute atomic E-state index is 0.0631. The molecule has 0 saturated heterocycles. The smallest absolute Gasteiger partial charge is 0.336 e. The van der Waals surface area contributed by atoms with Crippen molar-refractivity contribution in [2.24, 2.45) is 0 Å². The van der Waals surface area contributed by atoms with Crippen LogP contribution in [-0.2, 0) is 0 Å². The number of methoxy groups -OCH3 is 1. The number of hydrogen-bond acceptors (Lipinski definition) is 3. The van der Waals surface area contributed by atoms with Gasteiger partial charge in [-0.2, -0.15) is 0 Å². The molecule has 0 spiro atoms. The van der Waals surface area contributed by atoms with Gasteiger partial charge in [0.25, 0.3) is 0 Å². The Labute approximate surface area is 127 Å². The van der Waals surface area contributed by atoms with E-state index in [1.807, 2.05) is 18.2 Å². The fraction of sp³-hybridized carbons (Fsp3) is 0.0588.